The molecule has 19 heteroatoms. The lowest BCUT2D eigenvalue weighted by Crippen LogP contribution is -2.25. The highest BCUT2D eigenvalue weighted by atomic mass is 32.1. The smallest absolute Gasteiger partial charge is 0.341 e. The Bertz CT molecular complexity index is 3060. The van der Waals surface area contributed by atoms with Crippen LogP contribution in [0.15, 0.2) is 109 Å². The van der Waals surface area contributed by atoms with Gasteiger partial charge in [0, 0.05) is 60.6 Å². The summed E-state index contributed by atoms with van der Waals surface area (Å²) < 4.78 is 34.7. The SMILES string of the molecule is COc1ncc(-c2ccc3nc(N)sc3c2)cc1C(=O)NCc1ccccc1OC1CCOC1.COc1ncc(-c2ccc3nc(N)sc3c2)cc1C(=O)O.NCc1ccccc1OC1CCOC1. The number of anilines is 2. The fourth-order valence-electron chi connectivity index (χ4n) is 7.50. The van der Waals surface area contributed by atoms with Crippen LogP contribution in [-0.4, -0.2) is 89.8 Å². The molecule has 8 aromatic rings. The standard InChI is InChI=1S/C25H24N4O4S.C14H11N3O3S.C11H15NO2/c1-31-24-19(10-17(13-28-24)15-6-7-20-22(11-15)34-25(26)29-20)23(30)27-12-16-4-2-3-5-21(16)33-18-8-9-32-14-18;1-20-12-9(13(18)19)4-8(6-16-12)7-2-3-10-11(5-7)21-14(15)17-10;12-7-9-3-1-2-4-11(9)14-10-5-6-13-8-10/h2-7,10-11,13,18H,8-9,12,14H2,1H3,(H2,26,29)(H,27,30);2-6H,1H3,(H2,15,17)(H,18,19);1-4,10H,5-8,12H2. The second kappa shape index (κ2) is 22.6. The van der Waals surface area contributed by atoms with Gasteiger partial charge in [0.1, 0.15) is 34.8 Å². The number of amides is 1. The highest BCUT2D eigenvalue weighted by Gasteiger charge is 2.21. The molecule has 356 valence electrons. The van der Waals surface area contributed by atoms with Crippen molar-refractivity contribution in [2.45, 2.75) is 38.1 Å². The number of nitrogens with zero attached hydrogens (tertiary/aromatic N) is 4. The summed E-state index contributed by atoms with van der Waals surface area (Å²) in [4.78, 5) is 41.3. The summed E-state index contributed by atoms with van der Waals surface area (Å²) in [6, 6.07) is 30.4. The van der Waals surface area contributed by atoms with Crippen molar-refractivity contribution in [1.29, 1.82) is 0 Å². The Morgan fingerprint density at radius 1 is 0.681 bits per heavy atom. The molecule has 2 unspecified atom stereocenters. The zero-order chi connectivity index (χ0) is 48.3. The first-order valence-electron chi connectivity index (χ1n) is 21.9. The van der Waals surface area contributed by atoms with Gasteiger partial charge in [0.2, 0.25) is 11.8 Å². The summed E-state index contributed by atoms with van der Waals surface area (Å²) >= 11 is 2.80. The molecule has 1 amide bonds. The maximum Gasteiger partial charge on any atom is 0.341 e. The van der Waals surface area contributed by atoms with E-state index in [-0.39, 0.29) is 35.4 Å². The molecule has 8 N–H and O–H groups in total. The molecule has 0 aliphatic carbocycles. The molecular weight excluding hydrogens is 921 g/mol. The van der Waals surface area contributed by atoms with E-state index in [0.717, 1.165) is 79.2 Å². The number of nitrogens with two attached hydrogens (primary N) is 3. The number of rotatable bonds is 13. The number of thiazole rings is 2. The molecule has 0 saturated carbocycles. The number of methoxy groups -OCH3 is 2. The molecule has 69 heavy (non-hydrogen) atoms. The lowest BCUT2D eigenvalue weighted by molar-refractivity contribution is 0.0692. The predicted molar refractivity (Wildman–Crippen MR) is 266 cm³/mol. The van der Waals surface area contributed by atoms with E-state index in [0.29, 0.717) is 54.3 Å². The molecule has 2 aliphatic rings. The number of ether oxygens (including phenoxy) is 6. The van der Waals surface area contributed by atoms with Crippen molar-refractivity contribution in [1.82, 2.24) is 25.3 Å². The van der Waals surface area contributed by atoms with Crippen LogP contribution >= 0.6 is 22.7 Å². The van der Waals surface area contributed by atoms with E-state index in [1.165, 1.54) is 36.9 Å². The van der Waals surface area contributed by atoms with Gasteiger partial charge in [-0.1, -0.05) is 71.2 Å². The van der Waals surface area contributed by atoms with Gasteiger partial charge in [-0.2, -0.15) is 0 Å². The van der Waals surface area contributed by atoms with E-state index in [9.17, 15) is 14.7 Å². The minimum absolute atomic E-state index is 0.0268. The van der Waals surface area contributed by atoms with Gasteiger partial charge in [0.05, 0.1) is 61.1 Å². The molecule has 2 atom stereocenters. The van der Waals surface area contributed by atoms with Crippen LogP contribution in [0.25, 0.3) is 42.7 Å². The number of benzene rings is 4. The largest absolute Gasteiger partial charge is 0.488 e. The zero-order valence-corrected chi connectivity index (χ0v) is 39.4. The average Bonchev–Trinajstić information content (AvgIpc) is 4.22. The fourth-order valence-corrected chi connectivity index (χ4v) is 9.05. The van der Waals surface area contributed by atoms with E-state index in [2.05, 4.69) is 25.3 Å². The highest BCUT2D eigenvalue weighted by molar-refractivity contribution is 7.22. The number of nitrogen functional groups attached to an aromatic ring is 2. The number of carboxylic acids is 1. The third kappa shape index (κ3) is 12.0. The van der Waals surface area contributed by atoms with Crippen molar-refractivity contribution in [2.75, 3.05) is 52.1 Å². The Hall–Kier alpha value is -7.42. The summed E-state index contributed by atoms with van der Waals surface area (Å²) in [5.41, 5.74) is 24.4. The van der Waals surface area contributed by atoms with E-state index >= 15 is 0 Å². The van der Waals surface area contributed by atoms with Crippen molar-refractivity contribution in [3.8, 4) is 45.5 Å². The highest BCUT2D eigenvalue weighted by Crippen LogP contribution is 2.33. The maximum atomic E-state index is 13.1. The average molecular weight is 971 g/mol. The van der Waals surface area contributed by atoms with Crippen LogP contribution in [0, 0.1) is 0 Å². The number of carbonyl (C=O) groups excluding carboxylic acids is 1. The first-order chi connectivity index (χ1) is 33.6. The molecule has 2 saturated heterocycles. The van der Waals surface area contributed by atoms with Crippen LogP contribution in [0.2, 0.25) is 0 Å². The third-order valence-corrected chi connectivity index (χ3v) is 12.7. The minimum Gasteiger partial charge on any atom is -0.488 e. The summed E-state index contributed by atoms with van der Waals surface area (Å²) in [7, 11) is 2.89. The van der Waals surface area contributed by atoms with Gasteiger partial charge < -0.3 is 56.0 Å². The Kier molecular flexibility index (Phi) is 15.7. The molecular formula is C50H50N8O9S2. The molecule has 0 spiro atoms. The first-order valence-corrected chi connectivity index (χ1v) is 23.5. The van der Waals surface area contributed by atoms with E-state index in [1.54, 1.807) is 24.5 Å². The van der Waals surface area contributed by atoms with E-state index < -0.39 is 5.97 Å². The number of carbonyl (C=O) groups is 2. The molecule has 2 aliphatic heterocycles. The molecule has 2 fully saturated rings. The number of nitrogens with one attached hydrogen (secondary N) is 1. The minimum atomic E-state index is -1.08. The summed E-state index contributed by atoms with van der Waals surface area (Å²) in [6.07, 6.45) is 5.33. The van der Waals surface area contributed by atoms with Gasteiger partial charge in [-0.25, -0.2) is 24.7 Å². The molecule has 4 aromatic heterocycles. The lowest BCUT2D eigenvalue weighted by atomic mass is 10.1. The van der Waals surface area contributed by atoms with Gasteiger partial charge in [0.25, 0.3) is 5.91 Å². The van der Waals surface area contributed by atoms with Crippen LogP contribution in [-0.2, 0) is 22.6 Å². The molecule has 0 bridgehead atoms. The predicted octanol–water partition coefficient (Wildman–Crippen LogP) is 8.01. The molecule has 10 rings (SSSR count). The van der Waals surface area contributed by atoms with Gasteiger partial charge >= 0.3 is 5.97 Å². The van der Waals surface area contributed by atoms with Crippen molar-refractivity contribution in [3.63, 3.8) is 0 Å². The molecule has 0 radical (unpaired) electrons. The number of aromatic nitrogens is 4. The topological polar surface area (TPSA) is 251 Å². The number of para-hydroxylation sites is 2. The summed E-state index contributed by atoms with van der Waals surface area (Å²) in [6.45, 7) is 3.60. The van der Waals surface area contributed by atoms with Gasteiger partial charge in [-0.15, -0.1) is 0 Å². The number of hydrogen-bond acceptors (Lipinski definition) is 17. The van der Waals surface area contributed by atoms with E-state index in [4.69, 9.17) is 45.6 Å². The molecule has 6 heterocycles. The Balaban J connectivity index is 0.000000155. The maximum absolute atomic E-state index is 13.1. The monoisotopic (exact) mass is 970 g/mol. The van der Waals surface area contributed by atoms with Gasteiger partial charge in [-0.3, -0.25) is 4.79 Å². The fraction of sp³-hybridized carbons (Fsp3) is 0.240. The van der Waals surface area contributed by atoms with Crippen molar-refractivity contribution in [3.05, 3.63) is 132 Å². The first kappa shape index (κ1) is 48.1. The number of hydrogen-bond donors (Lipinski definition) is 5. The van der Waals surface area contributed by atoms with Crippen molar-refractivity contribution < 1.29 is 43.1 Å². The number of carboxylic acid groups (broad SMARTS) is 1. The van der Waals surface area contributed by atoms with Crippen molar-refractivity contribution in [2.24, 2.45) is 5.73 Å². The quantitative estimate of drug-likeness (QED) is 0.0734. The Morgan fingerprint density at radius 2 is 1.17 bits per heavy atom. The van der Waals surface area contributed by atoms with Gasteiger partial charge in [-0.05, 0) is 59.7 Å². The van der Waals surface area contributed by atoms with Crippen LogP contribution in [0.3, 0.4) is 0 Å². The number of fused-ring (bicyclic) bond motifs is 2. The number of aromatic carboxylic acids is 1. The van der Waals surface area contributed by atoms with Crippen LogP contribution < -0.4 is 41.5 Å². The second-order valence-corrected chi connectivity index (χ2v) is 17.8. The second-order valence-electron chi connectivity index (χ2n) is 15.6. The van der Waals surface area contributed by atoms with Crippen LogP contribution in [0.4, 0.5) is 10.3 Å². The zero-order valence-electron chi connectivity index (χ0n) is 37.8. The number of pyridine rings is 2. The summed E-state index contributed by atoms with van der Waals surface area (Å²) in [5.74, 6) is 0.628. The van der Waals surface area contributed by atoms with Crippen molar-refractivity contribution >= 4 is 65.2 Å². The Morgan fingerprint density at radius 3 is 1.67 bits per heavy atom. The van der Waals surface area contributed by atoms with Crippen LogP contribution in [0.5, 0.6) is 23.3 Å². The summed E-state index contributed by atoms with van der Waals surface area (Å²) in [5, 5.41) is 13.2. The molecule has 4 aromatic carbocycles. The molecule has 17 nitrogen and oxygen atoms in total. The normalized spacial score (nSPS) is 15.1. The van der Waals surface area contributed by atoms with Gasteiger partial charge in [0.15, 0.2) is 10.3 Å². The van der Waals surface area contributed by atoms with Crippen LogP contribution in [0.1, 0.15) is 44.7 Å². The lowest BCUT2D eigenvalue weighted by Gasteiger charge is -2.16. The third-order valence-electron chi connectivity index (χ3n) is 11.0. The Labute approximate surface area is 405 Å². The van der Waals surface area contributed by atoms with E-state index in [1.807, 2.05) is 84.9 Å².